The van der Waals surface area contributed by atoms with E-state index in [-0.39, 0.29) is 11.8 Å². The molecule has 1 spiro atoms. The fourth-order valence-corrected chi connectivity index (χ4v) is 3.97. The molecule has 0 saturated carbocycles. The van der Waals surface area contributed by atoms with Crippen molar-refractivity contribution in [2.24, 2.45) is 0 Å². The van der Waals surface area contributed by atoms with Crippen molar-refractivity contribution in [3.8, 4) is 0 Å². The number of nitrogens with zero attached hydrogens (tertiary/aromatic N) is 3. The van der Waals surface area contributed by atoms with E-state index in [4.69, 9.17) is 9.47 Å². The van der Waals surface area contributed by atoms with Crippen LogP contribution in [0, 0.1) is 0 Å². The SMILES string of the molecule is CN1CCN(C(=O)c2ccc(C(=O)N3CCC4(CC3)OCCO4)cc2)CC1. The van der Waals surface area contributed by atoms with Crippen molar-refractivity contribution in [3.63, 3.8) is 0 Å². The van der Waals surface area contributed by atoms with E-state index in [2.05, 4.69) is 11.9 Å². The second-order valence-corrected chi connectivity index (χ2v) is 7.57. The molecule has 1 aromatic carbocycles. The summed E-state index contributed by atoms with van der Waals surface area (Å²) in [4.78, 5) is 31.3. The smallest absolute Gasteiger partial charge is 0.253 e. The van der Waals surface area contributed by atoms with Crippen LogP contribution in [0.1, 0.15) is 33.6 Å². The highest BCUT2D eigenvalue weighted by atomic mass is 16.7. The third-order valence-electron chi connectivity index (χ3n) is 5.80. The molecule has 3 aliphatic heterocycles. The van der Waals surface area contributed by atoms with Gasteiger partial charge in [0.15, 0.2) is 5.79 Å². The maximum absolute atomic E-state index is 12.8. The summed E-state index contributed by atoms with van der Waals surface area (Å²) in [5, 5.41) is 0. The van der Waals surface area contributed by atoms with Crippen molar-refractivity contribution >= 4 is 11.8 Å². The van der Waals surface area contributed by atoms with Crippen LogP contribution in [0.2, 0.25) is 0 Å². The molecule has 27 heavy (non-hydrogen) atoms. The van der Waals surface area contributed by atoms with Crippen LogP contribution in [0.5, 0.6) is 0 Å². The van der Waals surface area contributed by atoms with Gasteiger partial charge in [-0.25, -0.2) is 0 Å². The summed E-state index contributed by atoms with van der Waals surface area (Å²) in [7, 11) is 2.07. The number of piperidine rings is 1. The molecule has 3 heterocycles. The molecular formula is C20H27N3O4. The van der Waals surface area contributed by atoms with E-state index >= 15 is 0 Å². The monoisotopic (exact) mass is 373 g/mol. The molecule has 0 unspecified atom stereocenters. The molecule has 3 fully saturated rings. The maximum atomic E-state index is 12.8. The molecule has 1 aromatic rings. The lowest BCUT2D eigenvalue weighted by Gasteiger charge is -2.37. The van der Waals surface area contributed by atoms with E-state index in [0.29, 0.717) is 50.3 Å². The first-order valence-electron chi connectivity index (χ1n) is 9.71. The first kappa shape index (κ1) is 18.4. The Balaban J connectivity index is 1.36. The summed E-state index contributed by atoms with van der Waals surface area (Å²) < 4.78 is 11.4. The number of benzene rings is 1. The molecule has 0 atom stereocenters. The Morgan fingerprint density at radius 2 is 1.22 bits per heavy atom. The number of rotatable bonds is 2. The van der Waals surface area contributed by atoms with Crippen molar-refractivity contribution in [2.45, 2.75) is 18.6 Å². The van der Waals surface area contributed by atoms with Crippen LogP contribution >= 0.6 is 0 Å². The van der Waals surface area contributed by atoms with Gasteiger partial charge >= 0.3 is 0 Å². The summed E-state index contributed by atoms with van der Waals surface area (Å²) in [5.41, 5.74) is 1.26. The zero-order valence-electron chi connectivity index (χ0n) is 15.9. The van der Waals surface area contributed by atoms with Crippen molar-refractivity contribution in [3.05, 3.63) is 35.4 Å². The van der Waals surface area contributed by atoms with Gasteiger partial charge in [-0.2, -0.15) is 0 Å². The van der Waals surface area contributed by atoms with Crippen molar-refractivity contribution in [2.75, 3.05) is 59.5 Å². The van der Waals surface area contributed by atoms with Gasteiger partial charge in [-0.05, 0) is 31.3 Å². The molecule has 7 nitrogen and oxygen atoms in total. The minimum absolute atomic E-state index is 0.00134. The summed E-state index contributed by atoms with van der Waals surface area (Å²) in [6, 6.07) is 7.06. The van der Waals surface area contributed by atoms with E-state index < -0.39 is 5.79 Å². The standard InChI is InChI=1S/C20H27N3O4/c1-21-10-12-23(13-11-21)19(25)17-4-2-16(3-5-17)18(24)22-8-6-20(7-9-22)26-14-15-27-20/h2-5H,6-15H2,1H3. The number of hydrogen-bond donors (Lipinski definition) is 0. The molecule has 0 radical (unpaired) electrons. The molecule has 0 aliphatic carbocycles. The number of amides is 2. The normalized spacial score (nSPS) is 23.0. The zero-order valence-corrected chi connectivity index (χ0v) is 15.9. The second-order valence-electron chi connectivity index (χ2n) is 7.57. The Morgan fingerprint density at radius 3 is 1.70 bits per heavy atom. The van der Waals surface area contributed by atoms with Crippen molar-refractivity contribution < 1.29 is 19.1 Å². The zero-order chi connectivity index (χ0) is 18.9. The number of likely N-dealkylation sites (tertiary alicyclic amines) is 1. The van der Waals surface area contributed by atoms with Crippen LogP contribution in [-0.2, 0) is 9.47 Å². The summed E-state index contributed by atoms with van der Waals surface area (Å²) in [6.07, 6.45) is 1.41. The molecule has 146 valence electrons. The van der Waals surface area contributed by atoms with Gasteiger partial charge in [0.1, 0.15) is 0 Å². The second kappa shape index (κ2) is 7.58. The number of likely N-dealkylation sites (N-methyl/N-ethyl adjacent to an activating group) is 1. The molecule has 0 aromatic heterocycles. The minimum atomic E-state index is -0.477. The van der Waals surface area contributed by atoms with Crippen molar-refractivity contribution in [1.82, 2.24) is 14.7 Å². The predicted octanol–water partition coefficient (Wildman–Crippen LogP) is 1.05. The van der Waals surface area contributed by atoms with Crippen molar-refractivity contribution in [1.29, 1.82) is 0 Å². The van der Waals surface area contributed by atoms with E-state index in [1.165, 1.54) is 0 Å². The van der Waals surface area contributed by atoms with E-state index in [1.807, 2.05) is 9.80 Å². The fourth-order valence-electron chi connectivity index (χ4n) is 3.97. The molecule has 4 rings (SSSR count). The lowest BCUT2D eigenvalue weighted by atomic mass is 10.0. The Kier molecular flexibility index (Phi) is 5.16. The molecule has 7 heteroatoms. The van der Waals surface area contributed by atoms with Gasteiger partial charge < -0.3 is 24.2 Å². The van der Waals surface area contributed by atoms with Crippen LogP contribution < -0.4 is 0 Å². The number of hydrogen-bond acceptors (Lipinski definition) is 5. The van der Waals surface area contributed by atoms with Gasteiger partial charge in [0.05, 0.1) is 13.2 Å². The predicted molar refractivity (Wildman–Crippen MR) is 99.6 cm³/mol. The van der Waals surface area contributed by atoms with Gasteiger partial charge in [0.2, 0.25) is 0 Å². The number of piperazine rings is 1. The fraction of sp³-hybridized carbons (Fsp3) is 0.600. The average Bonchev–Trinajstić information content (AvgIpc) is 3.16. The lowest BCUT2D eigenvalue weighted by molar-refractivity contribution is -0.181. The molecule has 0 bridgehead atoms. The molecular weight excluding hydrogens is 346 g/mol. The average molecular weight is 373 g/mol. The van der Waals surface area contributed by atoms with Gasteiger partial charge in [0.25, 0.3) is 11.8 Å². The van der Waals surface area contributed by atoms with Gasteiger partial charge in [0, 0.05) is 63.2 Å². The highest BCUT2D eigenvalue weighted by Crippen LogP contribution is 2.31. The largest absolute Gasteiger partial charge is 0.347 e. The summed E-state index contributed by atoms with van der Waals surface area (Å²) >= 11 is 0. The Bertz CT molecular complexity index is 682. The highest BCUT2D eigenvalue weighted by Gasteiger charge is 2.40. The topological polar surface area (TPSA) is 62.3 Å². The van der Waals surface area contributed by atoms with Gasteiger partial charge in [-0.1, -0.05) is 0 Å². The minimum Gasteiger partial charge on any atom is -0.347 e. The number of carbonyl (C=O) groups is 2. The first-order valence-corrected chi connectivity index (χ1v) is 9.71. The van der Waals surface area contributed by atoms with E-state index in [9.17, 15) is 9.59 Å². The first-order chi connectivity index (χ1) is 13.1. The number of carbonyl (C=O) groups excluding carboxylic acids is 2. The summed E-state index contributed by atoms with van der Waals surface area (Å²) in [6.45, 7) is 5.80. The Hall–Kier alpha value is -1.96. The molecule has 2 amide bonds. The van der Waals surface area contributed by atoms with Crippen LogP contribution in [0.25, 0.3) is 0 Å². The lowest BCUT2D eigenvalue weighted by Crippen LogP contribution is -2.47. The van der Waals surface area contributed by atoms with Crippen LogP contribution in [0.3, 0.4) is 0 Å². The Morgan fingerprint density at radius 1 is 0.778 bits per heavy atom. The third-order valence-corrected chi connectivity index (χ3v) is 5.80. The quantitative estimate of drug-likeness (QED) is 0.776. The molecule has 3 aliphatic rings. The third kappa shape index (κ3) is 3.85. The van der Waals surface area contributed by atoms with Crippen LogP contribution in [0.4, 0.5) is 0 Å². The van der Waals surface area contributed by atoms with Crippen LogP contribution in [-0.4, -0.2) is 91.8 Å². The maximum Gasteiger partial charge on any atom is 0.253 e. The molecule has 3 saturated heterocycles. The highest BCUT2D eigenvalue weighted by molar-refractivity contribution is 5.98. The van der Waals surface area contributed by atoms with Gasteiger partial charge in [-0.15, -0.1) is 0 Å². The number of ether oxygens (including phenoxy) is 2. The van der Waals surface area contributed by atoms with E-state index in [0.717, 1.165) is 26.2 Å². The van der Waals surface area contributed by atoms with Crippen LogP contribution in [0.15, 0.2) is 24.3 Å². The van der Waals surface area contributed by atoms with Gasteiger partial charge in [-0.3, -0.25) is 9.59 Å². The molecule has 0 N–H and O–H groups in total. The summed E-state index contributed by atoms with van der Waals surface area (Å²) in [5.74, 6) is -0.436. The van der Waals surface area contributed by atoms with E-state index in [1.54, 1.807) is 24.3 Å². The Labute approximate surface area is 159 Å².